The Morgan fingerprint density at radius 2 is 2.25 bits per heavy atom. The van der Waals surface area contributed by atoms with Crippen LogP contribution in [0.25, 0.3) is 0 Å². The van der Waals surface area contributed by atoms with Crippen LogP contribution < -0.4 is 5.32 Å². The summed E-state index contributed by atoms with van der Waals surface area (Å²) in [5.41, 5.74) is 4.10. The van der Waals surface area contributed by atoms with E-state index in [1.165, 1.54) is 29.5 Å². The maximum atomic E-state index is 5.58. The molecule has 1 fully saturated rings. The predicted molar refractivity (Wildman–Crippen MR) is 66.6 cm³/mol. The molecule has 0 amide bonds. The van der Waals surface area contributed by atoms with Crippen LogP contribution in [0.15, 0.2) is 18.2 Å². The molecule has 2 rings (SSSR count). The van der Waals surface area contributed by atoms with E-state index < -0.39 is 0 Å². The predicted octanol–water partition coefficient (Wildman–Crippen LogP) is 2.57. The largest absolute Gasteiger partial charge is 0.377 e. The molecule has 1 N–H and O–H groups in total. The lowest BCUT2D eigenvalue weighted by Gasteiger charge is -2.12. The molecule has 0 saturated carbocycles. The maximum absolute atomic E-state index is 5.58. The fourth-order valence-electron chi connectivity index (χ4n) is 2.16. The summed E-state index contributed by atoms with van der Waals surface area (Å²) in [5.74, 6) is 0. The zero-order valence-electron chi connectivity index (χ0n) is 10.3. The standard InChI is InChI=1S/C14H21NO/c1-11-5-6-12(2)13(8-11)9-15-10-14-4-3-7-16-14/h5-6,8,14-15H,3-4,7,9-10H2,1-2H3. The third-order valence-electron chi connectivity index (χ3n) is 3.22. The third-order valence-corrected chi connectivity index (χ3v) is 3.22. The monoisotopic (exact) mass is 219 g/mol. The Hall–Kier alpha value is -0.860. The van der Waals surface area contributed by atoms with Crippen molar-refractivity contribution in [1.82, 2.24) is 5.32 Å². The summed E-state index contributed by atoms with van der Waals surface area (Å²) in [6.45, 7) is 7.18. The van der Waals surface area contributed by atoms with E-state index in [9.17, 15) is 0 Å². The van der Waals surface area contributed by atoms with Gasteiger partial charge in [-0.05, 0) is 37.8 Å². The fraction of sp³-hybridized carbons (Fsp3) is 0.571. The minimum atomic E-state index is 0.435. The number of rotatable bonds is 4. The Labute approximate surface area is 98.0 Å². The van der Waals surface area contributed by atoms with Crippen molar-refractivity contribution in [3.63, 3.8) is 0 Å². The highest BCUT2D eigenvalue weighted by Crippen LogP contribution is 2.12. The molecule has 0 aromatic heterocycles. The van der Waals surface area contributed by atoms with Crippen molar-refractivity contribution in [2.45, 2.75) is 39.3 Å². The fourth-order valence-corrected chi connectivity index (χ4v) is 2.16. The summed E-state index contributed by atoms with van der Waals surface area (Å²) in [6.07, 6.45) is 2.86. The van der Waals surface area contributed by atoms with Gasteiger partial charge in [-0.3, -0.25) is 0 Å². The highest BCUT2D eigenvalue weighted by molar-refractivity contribution is 5.30. The van der Waals surface area contributed by atoms with Gasteiger partial charge in [0.2, 0.25) is 0 Å². The second-order valence-corrected chi connectivity index (χ2v) is 4.70. The number of hydrogen-bond donors (Lipinski definition) is 1. The van der Waals surface area contributed by atoms with Crippen molar-refractivity contribution in [3.8, 4) is 0 Å². The average Bonchev–Trinajstić information content (AvgIpc) is 2.76. The van der Waals surface area contributed by atoms with Crippen molar-refractivity contribution in [2.75, 3.05) is 13.2 Å². The van der Waals surface area contributed by atoms with Gasteiger partial charge in [0.15, 0.2) is 0 Å². The second-order valence-electron chi connectivity index (χ2n) is 4.70. The van der Waals surface area contributed by atoms with E-state index in [0.717, 1.165) is 19.7 Å². The molecule has 1 unspecified atom stereocenters. The Morgan fingerprint density at radius 1 is 1.38 bits per heavy atom. The van der Waals surface area contributed by atoms with Crippen molar-refractivity contribution >= 4 is 0 Å². The van der Waals surface area contributed by atoms with E-state index in [-0.39, 0.29) is 0 Å². The van der Waals surface area contributed by atoms with Crippen LogP contribution in [-0.2, 0) is 11.3 Å². The van der Waals surface area contributed by atoms with E-state index >= 15 is 0 Å². The van der Waals surface area contributed by atoms with Gasteiger partial charge in [0.1, 0.15) is 0 Å². The molecule has 1 saturated heterocycles. The van der Waals surface area contributed by atoms with Gasteiger partial charge in [-0.1, -0.05) is 23.8 Å². The Balaban J connectivity index is 1.82. The lowest BCUT2D eigenvalue weighted by molar-refractivity contribution is 0.110. The molecule has 88 valence electrons. The van der Waals surface area contributed by atoms with Crippen molar-refractivity contribution in [3.05, 3.63) is 34.9 Å². The average molecular weight is 219 g/mol. The summed E-state index contributed by atoms with van der Waals surface area (Å²) in [7, 11) is 0. The smallest absolute Gasteiger partial charge is 0.0700 e. The highest BCUT2D eigenvalue weighted by atomic mass is 16.5. The van der Waals surface area contributed by atoms with Gasteiger partial charge in [0, 0.05) is 19.7 Å². The van der Waals surface area contributed by atoms with E-state index in [2.05, 4.69) is 37.4 Å². The van der Waals surface area contributed by atoms with Crippen molar-refractivity contribution in [1.29, 1.82) is 0 Å². The molecular formula is C14H21NO. The highest BCUT2D eigenvalue weighted by Gasteiger charge is 2.14. The van der Waals surface area contributed by atoms with Crippen LogP contribution in [-0.4, -0.2) is 19.3 Å². The van der Waals surface area contributed by atoms with Crippen molar-refractivity contribution < 1.29 is 4.74 Å². The van der Waals surface area contributed by atoms with Crippen LogP contribution in [0.1, 0.15) is 29.5 Å². The van der Waals surface area contributed by atoms with Gasteiger partial charge in [-0.15, -0.1) is 0 Å². The number of ether oxygens (including phenoxy) is 1. The lowest BCUT2D eigenvalue weighted by Crippen LogP contribution is -2.26. The normalized spacial score (nSPS) is 20.2. The first kappa shape index (κ1) is 11.6. The van der Waals surface area contributed by atoms with Crippen LogP contribution in [0.4, 0.5) is 0 Å². The van der Waals surface area contributed by atoms with E-state index in [1.807, 2.05) is 0 Å². The first-order chi connectivity index (χ1) is 7.75. The molecular weight excluding hydrogens is 198 g/mol. The third kappa shape index (κ3) is 3.06. The molecule has 1 aromatic carbocycles. The number of aryl methyl sites for hydroxylation is 2. The first-order valence-electron chi connectivity index (χ1n) is 6.14. The topological polar surface area (TPSA) is 21.3 Å². The molecule has 2 nitrogen and oxygen atoms in total. The molecule has 0 spiro atoms. The molecule has 1 heterocycles. The molecule has 2 heteroatoms. The Bertz CT molecular complexity index is 343. The molecule has 1 aliphatic rings. The molecule has 0 bridgehead atoms. The first-order valence-corrected chi connectivity index (χ1v) is 6.14. The number of hydrogen-bond acceptors (Lipinski definition) is 2. The zero-order valence-corrected chi connectivity index (χ0v) is 10.3. The summed E-state index contributed by atoms with van der Waals surface area (Å²) >= 11 is 0. The van der Waals surface area contributed by atoms with E-state index in [0.29, 0.717) is 6.10 Å². The van der Waals surface area contributed by atoms with E-state index in [1.54, 1.807) is 0 Å². The number of benzene rings is 1. The SMILES string of the molecule is Cc1ccc(C)c(CNCC2CCCO2)c1. The summed E-state index contributed by atoms with van der Waals surface area (Å²) in [6, 6.07) is 6.62. The molecule has 0 aliphatic carbocycles. The van der Waals surface area contributed by atoms with Gasteiger partial charge in [0.25, 0.3) is 0 Å². The Kier molecular flexibility index (Phi) is 3.97. The summed E-state index contributed by atoms with van der Waals surface area (Å²) in [5, 5.41) is 3.49. The minimum absolute atomic E-state index is 0.435. The molecule has 16 heavy (non-hydrogen) atoms. The van der Waals surface area contributed by atoms with Crippen LogP contribution >= 0.6 is 0 Å². The second kappa shape index (κ2) is 5.46. The molecule has 1 aromatic rings. The van der Waals surface area contributed by atoms with Crippen molar-refractivity contribution in [2.24, 2.45) is 0 Å². The summed E-state index contributed by atoms with van der Waals surface area (Å²) < 4.78 is 5.58. The zero-order chi connectivity index (χ0) is 11.4. The number of nitrogens with one attached hydrogen (secondary N) is 1. The molecule has 0 radical (unpaired) electrons. The lowest BCUT2D eigenvalue weighted by atomic mass is 10.1. The van der Waals surface area contributed by atoms with Crippen LogP contribution in [0, 0.1) is 13.8 Å². The van der Waals surface area contributed by atoms with Crippen LogP contribution in [0.3, 0.4) is 0 Å². The van der Waals surface area contributed by atoms with E-state index in [4.69, 9.17) is 4.74 Å². The van der Waals surface area contributed by atoms with Gasteiger partial charge < -0.3 is 10.1 Å². The van der Waals surface area contributed by atoms with Gasteiger partial charge in [-0.25, -0.2) is 0 Å². The Morgan fingerprint density at radius 3 is 3.00 bits per heavy atom. The summed E-state index contributed by atoms with van der Waals surface area (Å²) in [4.78, 5) is 0. The molecule has 1 atom stereocenters. The quantitative estimate of drug-likeness (QED) is 0.840. The van der Waals surface area contributed by atoms with Gasteiger partial charge >= 0.3 is 0 Å². The van der Waals surface area contributed by atoms with Gasteiger partial charge in [-0.2, -0.15) is 0 Å². The van der Waals surface area contributed by atoms with Gasteiger partial charge in [0.05, 0.1) is 6.10 Å². The molecule has 1 aliphatic heterocycles. The van der Waals surface area contributed by atoms with Crippen LogP contribution in [0.5, 0.6) is 0 Å². The maximum Gasteiger partial charge on any atom is 0.0700 e. The van der Waals surface area contributed by atoms with Crippen LogP contribution in [0.2, 0.25) is 0 Å². The minimum Gasteiger partial charge on any atom is -0.377 e.